The van der Waals surface area contributed by atoms with E-state index < -0.39 is 0 Å². The smallest absolute Gasteiger partial charge is 0.273 e. The molecule has 0 spiro atoms. The molecular weight excluding hydrogens is 1730 g/mol. The van der Waals surface area contributed by atoms with Crippen molar-refractivity contribution < 1.29 is 33.3 Å². The number of anilines is 4. The van der Waals surface area contributed by atoms with E-state index in [1.165, 1.54) is 19.2 Å². The zero-order chi connectivity index (χ0) is 90.7. The molecule has 4 fully saturated rings. The molecule has 0 bridgehead atoms. The molecule has 674 valence electrons. The molecule has 31 nitrogen and oxygen atoms in total. The highest BCUT2D eigenvalue weighted by Crippen LogP contribution is 2.39. The maximum Gasteiger partial charge on any atom is 0.273 e. The molecule has 4 aliphatic rings. The summed E-state index contributed by atoms with van der Waals surface area (Å²) in [6.45, 7) is 16.8. The lowest BCUT2D eigenvalue weighted by Gasteiger charge is -2.27. The summed E-state index contributed by atoms with van der Waals surface area (Å²) in [5, 5.41) is 39.7. The SMILES string of the molecule is C[C@H](Nc1ccnc2ccnn12)c1cc2cccc(Cl)c2c(C(=O)CC2CCOCC2)n1.C[C@H](Nc1ccnn2ccnc12)c1cc2cccc(Cl)c2c(C(=O)CC2CCOCC2)n1.C[C@H](Nc1ccnn2ccnc12)c1cc2cccc(Cl)c2c(OCCN2CCCC2)n1.C[C@H](Nc1ncnc2cccnc12)c1cc2cccc(-c3cnn(C)c3)c2c(C(=O)N2CCOCC2)n1. The van der Waals surface area contributed by atoms with Crippen molar-refractivity contribution >= 4 is 146 Å². The zero-order valence-electron chi connectivity index (χ0n) is 73.7. The van der Waals surface area contributed by atoms with Crippen LogP contribution in [0.25, 0.3) is 82.2 Å². The standard InChI is InChI=1S/C27H26N8O2.2C24H24ClN5O2.C23H25ClN6O/c1-17(32-26-24-21(29-16-30-26)7-4-8-28-24)22-13-18-5-3-6-20(19-14-31-34(2)15-19)23(18)25(33-22)27(36)35-9-11-37-12-10-35;1-15(28-22-5-9-26-21-6-10-27-30(21)22)19-14-17-3-2-4-18(25)23(17)24(29-19)20(31)13-16-7-11-32-12-8-16;1-15(28-19-5-8-27-30-10-9-26-24(19)30)20-14-17-3-2-4-18(25)22(17)23(29-20)21(31)13-16-6-11-32-12-7-16;1-16(27-19-7-8-26-30-12-9-25-22(19)30)20-15-17-5-4-6-18(24)21(17)23(28-20)31-14-13-29-10-2-3-11-29/h3-8,13-17H,9-12H2,1-2H3,(H,29,30,32);2-6,9-10,14-16,28H,7-8,11-13H2,1H3;2-5,8-10,14-16,28H,6-7,11-13H2,1H3;4-9,12,15-16,27H,2-3,10-11,13-14H2,1H3/t17-;2*15-;16-/m0000/s1. The van der Waals surface area contributed by atoms with E-state index in [1.54, 1.807) is 67.8 Å². The summed E-state index contributed by atoms with van der Waals surface area (Å²) in [5.74, 6) is 2.60. The molecule has 4 atom stereocenters. The second-order valence-electron chi connectivity index (χ2n) is 33.4. The minimum absolute atomic E-state index is 0.0300. The third kappa shape index (κ3) is 20.2. The van der Waals surface area contributed by atoms with Crippen molar-refractivity contribution in [2.75, 3.05) is 100 Å². The summed E-state index contributed by atoms with van der Waals surface area (Å²) < 4.78 is 29.5. The topological polar surface area (TPSA) is 341 Å². The van der Waals surface area contributed by atoms with E-state index in [2.05, 4.69) is 89.5 Å². The van der Waals surface area contributed by atoms with Crippen LogP contribution in [0.15, 0.2) is 208 Å². The van der Waals surface area contributed by atoms with Crippen LogP contribution >= 0.6 is 34.8 Å². The van der Waals surface area contributed by atoms with Gasteiger partial charge in [0.1, 0.15) is 41.4 Å². The van der Waals surface area contributed by atoms with Crippen LogP contribution in [0.3, 0.4) is 0 Å². The Labute approximate surface area is 775 Å². The summed E-state index contributed by atoms with van der Waals surface area (Å²) in [6, 6.07) is 42.0. The number of aromatic nitrogens is 18. The van der Waals surface area contributed by atoms with E-state index in [9.17, 15) is 14.4 Å². The number of Topliss-reactive ketones (excluding diaryl/α,β-unsaturated/α-hetero) is 2. The number of carbonyl (C=O) groups is 3. The highest BCUT2D eigenvalue weighted by atomic mass is 35.5. The Morgan fingerprint density at radius 1 is 0.485 bits per heavy atom. The molecule has 13 aromatic heterocycles. The van der Waals surface area contributed by atoms with Crippen LogP contribution in [0.5, 0.6) is 5.88 Å². The Hall–Kier alpha value is -13.4. The third-order valence-electron chi connectivity index (χ3n) is 24.4. The number of likely N-dealkylation sites (tertiary alicyclic amines) is 1. The monoisotopic (exact) mass is 1830 g/mol. The second kappa shape index (κ2) is 40.9. The van der Waals surface area contributed by atoms with Crippen molar-refractivity contribution in [1.29, 1.82) is 0 Å². The van der Waals surface area contributed by atoms with Crippen molar-refractivity contribution in [3.63, 3.8) is 0 Å². The van der Waals surface area contributed by atoms with Gasteiger partial charge in [-0.25, -0.2) is 53.9 Å². The van der Waals surface area contributed by atoms with Crippen LogP contribution in [-0.4, -0.2) is 195 Å². The molecule has 34 heteroatoms. The van der Waals surface area contributed by atoms with E-state index in [-0.39, 0.29) is 41.6 Å². The van der Waals surface area contributed by atoms with Gasteiger partial charge in [0.05, 0.1) is 122 Å². The molecule has 17 heterocycles. The molecule has 0 radical (unpaired) electrons. The highest BCUT2D eigenvalue weighted by Gasteiger charge is 2.30. The number of ketones is 2. The number of ether oxygens (including phenoxy) is 4. The van der Waals surface area contributed by atoms with Crippen molar-refractivity contribution in [3.05, 3.63) is 263 Å². The number of benzene rings is 4. The van der Waals surface area contributed by atoms with Gasteiger partial charge < -0.3 is 45.1 Å². The number of carbonyl (C=O) groups excluding carboxylic acids is 3. The number of nitrogens with one attached hydrogen (secondary N) is 4. The zero-order valence-corrected chi connectivity index (χ0v) is 75.9. The lowest BCUT2D eigenvalue weighted by molar-refractivity contribution is 0.0300. The first-order chi connectivity index (χ1) is 64.5. The van der Waals surface area contributed by atoms with Crippen molar-refractivity contribution in [1.82, 2.24) is 98.3 Å². The third-order valence-corrected chi connectivity index (χ3v) is 25.3. The van der Waals surface area contributed by atoms with Gasteiger partial charge in [-0.3, -0.25) is 28.9 Å². The lowest BCUT2D eigenvalue weighted by atomic mass is 9.92. The molecule has 4 N–H and O–H groups in total. The Morgan fingerprint density at radius 3 is 1.59 bits per heavy atom. The van der Waals surface area contributed by atoms with Crippen molar-refractivity contribution in [2.45, 2.75) is 103 Å². The molecule has 1 amide bonds. The fraction of sp³-hybridized carbons (Fsp3) is 0.316. The van der Waals surface area contributed by atoms with E-state index in [1.807, 2.05) is 179 Å². The molecule has 21 rings (SSSR count). The molecule has 0 saturated carbocycles. The number of halogens is 3. The quantitative estimate of drug-likeness (QED) is 0.0408. The van der Waals surface area contributed by atoms with Gasteiger partial charge in [0.25, 0.3) is 5.91 Å². The minimum Gasteiger partial charge on any atom is -0.476 e. The Morgan fingerprint density at radius 2 is 1.01 bits per heavy atom. The van der Waals surface area contributed by atoms with Crippen LogP contribution in [0, 0.1) is 11.8 Å². The van der Waals surface area contributed by atoms with Crippen molar-refractivity contribution in [3.8, 4) is 17.0 Å². The van der Waals surface area contributed by atoms with Gasteiger partial charge in [0.15, 0.2) is 34.3 Å². The van der Waals surface area contributed by atoms with E-state index in [4.69, 9.17) is 73.7 Å². The number of aryl methyl sites for hydroxylation is 1. The first-order valence-corrected chi connectivity index (χ1v) is 45.7. The van der Waals surface area contributed by atoms with Gasteiger partial charge in [0, 0.05) is 137 Å². The summed E-state index contributed by atoms with van der Waals surface area (Å²) in [6.07, 6.45) is 28.0. The Kier molecular flexibility index (Phi) is 27.7. The number of pyridine rings is 5. The Bertz CT molecular complexity index is 6830. The van der Waals surface area contributed by atoms with Crippen LogP contribution in [-0.2, 0) is 21.3 Å². The van der Waals surface area contributed by atoms with Gasteiger partial charge in [-0.2, -0.15) is 24.9 Å². The summed E-state index contributed by atoms with van der Waals surface area (Å²) >= 11 is 19.6. The maximum absolute atomic E-state index is 13.8. The fourth-order valence-corrected chi connectivity index (χ4v) is 18.2. The molecule has 4 aliphatic heterocycles. The predicted molar refractivity (Wildman–Crippen MR) is 512 cm³/mol. The Balaban J connectivity index is 0.000000118. The largest absolute Gasteiger partial charge is 0.476 e. The van der Waals surface area contributed by atoms with Gasteiger partial charge in [-0.05, 0) is 191 Å². The molecule has 4 aromatic carbocycles. The minimum atomic E-state index is -0.247. The van der Waals surface area contributed by atoms with Crippen molar-refractivity contribution in [2.24, 2.45) is 18.9 Å². The number of hydrogen-bond acceptors (Lipinski definition) is 26. The van der Waals surface area contributed by atoms with Crippen LogP contribution in [0.4, 0.5) is 23.0 Å². The number of morpholine rings is 1. The summed E-state index contributed by atoms with van der Waals surface area (Å²) in [4.78, 5) is 90.5. The van der Waals surface area contributed by atoms with E-state index in [0.29, 0.717) is 133 Å². The fourth-order valence-electron chi connectivity index (χ4n) is 17.4. The molecule has 4 saturated heterocycles. The predicted octanol–water partition coefficient (Wildman–Crippen LogP) is 18.4. The van der Waals surface area contributed by atoms with Crippen LogP contribution in [0.2, 0.25) is 15.1 Å². The number of fused-ring (bicyclic) bond motifs is 8. The van der Waals surface area contributed by atoms with Gasteiger partial charge in [-0.1, -0.05) is 89.4 Å². The first kappa shape index (κ1) is 89.2. The number of nitrogens with zero attached hydrogens (tertiary/aromatic N) is 20. The van der Waals surface area contributed by atoms with Crippen LogP contribution < -0.4 is 26.0 Å². The van der Waals surface area contributed by atoms with E-state index in [0.717, 1.165) is 162 Å². The summed E-state index contributed by atoms with van der Waals surface area (Å²) in [7, 11) is 1.88. The van der Waals surface area contributed by atoms with Gasteiger partial charge in [0.2, 0.25) is 5.88 Å². The average Bonchev–Trinajstić information content (AvgIpc) is 1.24. The highest BCUT2D eigenvalue weighted by molar-refractivity contribution is 6.38. The van der Waals surface area contributed by atoms with Crippen LogP contribution in [0.1, 0.15) is 157 Å². The number of amides is 1. The lowest BCUT2D eigenvalue weighted by Crippen LogP contribution is -2.41. The first-order valence-electron chi connectivity index (χ1n) is 44.6. The number of hydrogen-bond donors (Lipinski definition) is 4. The molecular formula is C98H99Cl3N24O7. The number of rotatable bonds is 24. The second-order valence-corrected chi connectivity index (χ2v) is 34.6. The van der Waals surface area contributed by atoms with Gasteiger partial charge >= 0.3 is 0 Å². The molecule has 17 aromatic rings. The average molecular weight is 1830 g/mol. The molecule has 132 heavy (non-hydrogen) atoms. The normalized spacial score (nSPS) is 15.4. The number of imidazole rings is 2. The summed E-state index contributed by atoms with van der Waals surface area (Å²) in [5.41, 5.74) is 11.8. The molecule has 0 aliphatic carbocycles. The molecule has 0 unspecified atom stereocenters. The van der Waals surface area contributed by atoms with Gasteiger partial charge in [-0.15, -0.1) is 0 Å². The van der Waals surface area contributed by atoms with E-state index >= 15 is 0 Å². The maximum atomic E-state index is 13.8.